The largest absolute Gasteiger partial charge is 0.468 e. The minimum Gasteiger partial charge on any atom is -0.468 e. The highest BCUT2D eigenvalue weighted by Gasteiger charge is 2.36. The Kier molecular flexibility index (Phi) is 7.04. The molecular weight excluding hydrogens is 522 g/mol. The Bertz CT molecular complexity index is 1460. The Morgan fingerprint density at radius 3 is 2.59 bits per heavy atom. The van der Waals surface area contributed by atoms with Crippen molar-refractivity contribution in [2.75, 3.05) is 25.1 Å². The summed E-state index contributed by atoms with van der Waals surface area (Å²) in [5.74, 6) is -1.03. The smallest absolute Gasteiger partial charge is 0.280 e. The third kappa shape index (κ3) is 5.87. The fourth-order valence-corrected chi connectivity index (χ4v) is 6.04. The predicted octanol–water partition coefficient (Wildman–Crippen LogP) is 1.64. The zero-order chi connectivity index (χ0) is 26.0. The van der Waals surface area contributed by atoms with Crippen molar-refractivity contribution < 1.29 is 32.3 Å². The molecule has 1 atom stereocenters. The van der Waals surface area contributed by atoms with E-state index in [4.69, 9.17) is 20.0 Å². The van der Waals surface area contributed by atoms with Crippen LogP contribution < -0.4 is 15.8 Å². The van der Waals surface area contributed by atoms with E-state index >= 15 is 0 Å². The fourth-order valence-electron chi connectivity index (χ4n) is 3.56. The number of pyridine rings is 1. The summed E-state index contributed by atoms with van der Waals surface area (Å²) in [5, 5.41) is 6.71. The molecule has 1 aliphatic carbocycles. The van der Waals surface area contributed by atoms with E-state index in [1.54, 1.807) is 6.07 Å². The number of aromatic nitrogens is 2. The van der Waals surface area contributed by atoms with Gasteiger partial charge in [0.15, 0.2) is 33.4 Å². The first-order valence-electron chi connectivity index (χ1n) is 11.5. The topological polar surface area (TPSA) is 172 Å². The number of primary amides is 1. The highest BCUT2D eigenvalue weighted by atomic mass is 32.2. The average Bonchev–Trinajstić information content (AvgIpc) is 3.48. The lowest BCUT2D eigenvalue weighted by molar-refractivity contribution is -0.120. The molecule has 12 nitrogen and oxygen atoms in total. The van der Waals surface area contributed by atoms with Gasteiger partial charge in [-0.05, 0) is 31.0 Å². The van der Waals surface area contributed by atoms with Crippen LogP contribution in [0.2, 0.25) is 0 Å². The molecule has 194 valence electrons. The van der Waals surface area contributed by atoms with Gasteiger partial charge in [-0.3, -0.25) is 14.9 Å². The second-order valence-electron chi connectivity index (χ2n) is 8.50. The minimum absolute atomic E-state index is 0.0417. The van der Waals surface area contributed by atoms with Crippen LogP contribution in [0.3, 0.4) is 0 Å². The van der Waals surface area contributed by atoms with Crippen LogP contribution in [0.15, 0.2) is 46.4 Å². The predicted molar refractivity (Wildman–Crippen MR) is 134 cm³/mol. The van der Waals surface area contributed by atoms with Crippen molar-refractivity contribution in [3.8, 4) is 5.88 Å². The number of benzene rings is 1. The van der Waals surface area contributed by atoms with Gasteiger partial charge in [0.2, 0.25) is 5.88 Å². The van der Waals surface area contributed by atoms with E-state index in [0.717, 1.165) is 11.3 Å². The first-order valence-corrected chi connectivity index (χ1v) is 13.8. The monoisotopic (exact) mass is 545 g/mol. The Morgan fingerprint density at radius 2 is 1.92 bits per heavy atom. The number of thiazole rings is 1. The quantitative estimate of drug-likeness (QED) is 0.284. The Morgan fingerprint density at radius 1 is 1.14 bits per heavy atom. The Labute approximate surface area is 215 Å². The normalized spacial score (nSPS) is 18.1. The zero-order valence-corrected chi connectivity index (χ0v) is 21.1. The molecule has 0 bridgehead atoms. The number of nitrogens with one attached hydrogen (secondary N) is 1. The Hall–Kier alpha value is -3.62. The first-order chi connectivity index (χ1) is 17.8. The maximum Gasteiger partial charge on any atom is 0.280 e. The average molecular weight is 546 g/mol. The van der Waals surface area contributed by atoms with E-state index in [-0.39, 0.29) is 39.6 Å². The van der Waals surface area contributed by atoms with Gasteiger partial charge >= 0.3 is 0 Å². The highest BCUT2D eigenvalue weighted by molar-refractivity contribution is 7.92. The van der Waals surface area contributed by atoms with Gasteiger partial charge in [-0.1, -0.05) is 28.6 Å². The molecule has 14 heteroatoms. The van der Waals surface area contributed by atoms with Crippen LogP contribution in [-0.2, 0) is 29.0 Å². The summed E-state index contributed by atoms with van der Waals surface area (Å²) in [6, 6.07) is 9.19. The third-order valence-corrected chi connectivity index (χ3v) is 8.79. The second-order valence-corrected chi connectivity index (χ2v) is 11.7. The number of nitrogens with zero attached hydrogens (tertiary/aromatic N) is 3. The standard InChI is InChI=1S/C23H23N5O7S2/c24-18(29)12-34-19-8-7-17-22(26-19)36-23(25-17)27-21(30)20(28-35-14-9-10-33-11-14)13-1-3-15(4-2-13)37(31,32)16-5-6-16/h1-4,7-8,14,16H,5-6,9-12H2,(H2,24,29)(H,25,27,30)/b28-20+/t14-/m1/s1. The molecule has 3 aromatic rings. The number of hydrogen-bond acceptors (Lipinski definition) is 11. The van der Waals surface area contributed by atoms with Crippen LogP contribution in [0.5, 0.6) is 5.88 Å². The minimum atomic E-state index is -3.37. The number of hydrogen-bond donors (Lipinski definition) is 2. The molecule has 2 amide bonds. The van der Waals surface area contributed by atoms with Crippen LogP contribution in [-0.4, -0.2) is 67.1 Å². The maximum absolute atomic E-state index is 13.2. The van der Waals surface area contributed by atoms with E-state index in [1.165, 1.54) is 30.3 Å². The van der Waals surface area contributed by atoms with Gasteiger partial charge in [0.1, 0.15) is 10.3 Å². The lowest BCUT2D eigenvalue weighted by Crippen LogP contribution is -2.25. The van der Waals surface area contributed by atoms with Gasteiger partial charge < -0.3 is 20.0 Å². The lowest BCUT2D eigenvalue weighted by Gasteiger charge is -2.10. The number of carbonyl (C=O) groups excluding carboxylic acids is 2. The number of oxime groups is 1. The molecule has 5 rings (SSSR count). The molecule has 2 aromatic heterocycles. The lowest BCUT2D eigenvalue weighted by atomic mass is 10.1. The molecule has 1 saturated heterocycles. The third-order valence-electron chi connectivity index (χ3n) is 5.63. The molecule has 0 radical (unpaired) electrons. The summed E-state index contributed by atoms with van der Waals surface area (Å²) in [4.78, 5) is 39.0. The summed E-state index contributed by atoms with van der Waals surface area (Å²) < 4.78 is 35.6. The van der Waals surface area contributed by atoms with Crippen molar-refractivity contribution in [1.29, 1.82) is 0 Å². The van der Waals surface area contributed by atoms with Gasteiger partial charge in [0.25, 0.3) is 11.8 Å². The van der Waals surface area contributed by atoms with Crippen LogP contribution >= 0.6 is 11.3 Å². The van der Waals surface area contributed by atoms with Gasteiger partial charge in [0.05, 0.1) is 23.4 Å². The van der Waals surface area contributed by atoms with Crippen LogP contribution in [0, 0.1) is 0 Å². The number of carbonyl (C=O) groups is 2. The number of nitrogens with two attached hydrogens (primary N) is 1. The van der Waals surface area contributed by atoms with Crippen molar-refractivity contribution in [2.45, 2.75) is 35.5 Å². The van der Waals surface area contributed by atoms with Gasteiger partial charge in [0, 0.05) is 18.1 Å². The fraction of sp³-hybridized carbons (Fsp3) is 0.348. The molecular formula is C23H23N5O7S2. The Balaban J connectivity index is 1.37. The van der Waals surface area contributed by atoms with Gasteiger partial charge in [-0.2, -0.15) is 0 Å². The molecule has 3 heterocycles. The van der Waals surface area contributed by atoms with Crippen molar-refractivity contribution in [1.82, 2.24) is 9.97 Å². The van der Waals surface area contributed by atoms with Crippen LogP contribution in [0.1, 0.15) is 24.8 Å². The molecule has 1 saturated carbocycles. The molecule has 2 fully saturated rings. The van der Waals surface area contributed by atoms with E-state index in [9.17, 15) is 18.0 Å². The zero-order valence-electron chi connectivity index (χ0n) is 19.5. The maximum atomic E-state index is 13.2. The molecule has 1 aromatic carbocycles. The molecule has 37 heavy (non-hydrogen) atoms. The summed E-state index contributed by atoms with van der Waals surface area (Å²) in [5.41, 5.74) is 5.94. The number of anilines is 1. The van der Waals surface area contributed by atoms with E-state index < -0.39 is 21.7 Å². The summed E-state index contributed by atoms with van der Waals surface area (Å²) >= 11 is 1.10. The second kappa shape index (κ2) is 10.4. The van der Waals surface area contributed by atoms with Crippen LogP contribution in [0.25, 0.3) is 10.3 Å². The van der Waals surface area contributed by atoms with Crippen molar-refractivity contribution >= 4 is 54.2 Å². The summed E-state index contributed by atoms with van der Waals surface area (Å²) in [6.07, 6.45) is 1.67. The number of fused-ring (bicyclic) bond motifs is 1. The van der Waals surface area contributed by atoms with Gasteiger partial charge in [-0.15, -0.1) is 0 Å². The molecule has 0 unspecified atom stereocenters. The van der Waals surface area contributed by atoms with Crippen LogP contribution in [0.4, 0.5) is 5.13 Å². The molecule has 2 aliphatic rings. The highest BCUT2D eigenvalue weighted by Crippen LogP contribution is 2.33. The van der Waals surface area contributed by atoms with E-state index in [2.05, 4.69) is 20.4 Å². The number of sulfone groups is 1. The van der Waals surface area contributed by atoms with Gasteiger partial charge in [-0.25, -0.2) is 18.4 Å². The van der Waals surface area contributed by atoms with E-state index in [1.807, 2.05) is 0 Å². The molecule has 3 N–H and O–H groups in total. The van der Waals surface area contributed by atoms with Crippen molar-refractivity contribution in [3.63, 3.8) is 0 Å². The summed E-state index contributed by atoms with van der Waals surface area (Å²) in [6.45, 7) is 0.591. The summed E-state index contributed by atoms with van der Waals surface area (Å²) in [7, 11) is -3.37. The SMILES string of the molecule is NC(=O)COc1ccc2nc(NC(=O)/C(=N/O[C@@H]3CCOC3)c3ccc(S(=O)(=O)C4CC4)cc3)sc2n1. The van der Waals surface area contributed by atoms with Crippen molar-refractivity contribution in [2.24, 2.45) is 10.9 Å². The molecule has 0 spiro atoms. The van der Waals surface area contributed by atoms with E-state index in [0.29, 0.717) is 48.4 Å². The first kappa shape index (κ1) is 25.0. The number of rotatable bonds is 10. The van der Waals surface area contributed by atoms with Crippen molar-refractivity contribution in [3.05, 3.63) is 42.0 Å². The number of ether oxygens (including phenoxy) is 2. The molecule has 1 aliphatic heterocycles. The number of amides is 2.